The fourth-order valence-electron chi connectivity index (χ4n) is 3.22. The average molecular weight is 445 g/mol. The number of allylic oxidation sites excluding steroid dienone is 1. The van der Waals surface area contributed by atoms with E-state index >= 15 is 0 Å². The van der Waals surface area contributed by atoms with Gasteiger partial charge in [0.15, 0.2) is 5.78 Å². The molecule has 0 unspecified atom stereocenters. The van der Waals surface area contributed by atoms with Crippen LogP contribution in [0.3, 0.4) is 0 Å². The van der Waals surface area contributed by atoms with Gasteiger partial charge >= 0.3 is 5.97 Å². The lowest BCUT2D eigenvalue weighted by Gasteiger charge is -2.18. The molecule has 0 bridgehead atoms. The number of hydrogen-bond donors (Lipinski definition) is 0. The molecule has 0 aliphatic heterocycles. The maximum atomic E-state index is 12.7. The Hall–Kier alpha value is -3.86. The number of rotatable bonds is 7. The average Bonchev–Trinajstić information content (AvgIpc) is 2.81. The molecule has 33 heavy (non-hydrogen) atoms. The van der Waals surface area contributed by atoms with Gasteiger partial charge in [-0.15, -0.1) is 0 Å². The van der Waals surface area contributed by atoms with Crippen LogP contribution in [0, 0.1) is 0 Å². The lowest BCUT2D eigenvalue weighted by Crippen LogP contribution is -2.12. The van der Waals surface area contributed by atoms with Crippen LogP contribution in [0.15, 0.2) is 72.8 Å². The van der Waals surface area contributed by atoms with E-state index in [2.05, 4.69) is 20.8 Å². The van der Waals surface area contributed by atoms with E-state index in [4.69, 9.17) is 14.2 Å². The van der Waals surface area contributed by atoms with Crippen molar-refractivity contribution < 1.29 is 23.8 Å². The number of hydrogen-bond acceptors (Lipinski definition) is 5. The minimum atomic E-state index is -0.435. The number of ketones is 1. The topological polar surface area (TPSA) is 61.8 Å². The second kappa shape index (κ2) is 10.2. The molecule has 0 aliphatic rings. The van der Waals surface area contributed by atoms with Crippen molar-refractivity contribution >= 4 is 17.8 Å². The van der Waals surface area contributed by atoms with Crippen molar-refractivity contribution in [2.24, 2.45) is 0 Å². The molecule has 0 spiro atoms. The SMILES string of the molecule is COc1ccc(C(=O)C=Cc2cccc(OC(=O)c3ccc(C(C)(C)C)cc3)c2)c(OC)c1. The molecule has 5 nitrogen and oxygen atoms in total. The Morgan fingerprint density at radius 2 is 1.55 bits per heavy atom. The highest BCUT2D eigenvalue weighted by Crippen LogP contribution is 2.26. The Labute approximate surface area is 194 Å². The number of methoxy groups -OCH3 is 2. The smallest absolute Gasteiger partial charge is 0.343 e. The molecule has 0 N–H and O–H groups in total. The number of esters is 1. The summed E-state index contributed by atoms with van der Waals surface area (Å²) in [5, 5.41) is 0. The van der Waals surface area contributed by atoms with Gasteiger partial charge in [0.05, 0.1) is 25.3 Å². The van der Waals surface area contributed by atoms with Gasteiger partial charge in [-0.05, 0) is 59.0 Å². The molecule has 0 aromatic heterocycles. The molecule has 0 amide bonds. The molecule has 3 rings (SSSR count). The number of carbonyl (C=O) groups excluding carboxylic acids is 2. The largest absolute Gasteiger partial charge is 0.497 e. The fourth-order valence-corrected chi connectivity index (χ4v) is 3.22. The van der Waals surface area contributed by atoms with Gasteiger partial charge < -0.3 is 14.2 Å². The fraction of sp³-hybridized carbons (Fsp3) is 0.214. The minimum Gasteiger partial charge on any atom is -0.497 e. The van der Waals surface area contributed by atoms with E-state index in [0.29, 0.717) is 28.4 Å². The molecule has 0 fully saturated rings. The molecular formula is C28H28O5. The highest BCUT2D eigenvalue weighted by Gasteiger charge is 2.15. The lowest BCUT2D eigenvalue weighted by atomic mass is 9.87. The quantitative estimate of drug-likeness (QED) is 0.190. The highest BCUT2D eigenvalue weighted by molar-refractivity contribution is 6.08. The summed E-state index contributed by atoms with van der Waals surface area (Å²) >= 11 is 0. The maximum Gasteiger partial charge on any atom is 0.343 e. The summed E-state index contributed by atoms with van der Waals surface area (Å²) in [5.41, 5.74) is 2.78. The zero-order valence-corrected chi connectivity index (χ0v) is 19.5. The Bertz CT molecular complexity index is 1170. The number of ether oxygens (including phenoxy) is 3. The Balaban J connectivity index is 1.71. The zero-order valence-electron chi connectivity index (χ0n) is 19.5. The molecule has 0 saturated heterocycles. The van der Waals surface area contributed by atoms with Gasteiger partial charge in [-0.3, -0.25) is 4.79 Å². The van der Waals surface area contributed by atoms with Crippen LogP contribution in [0.1, 0.15) is 52.6 Å². The predicted molar refractivity (Wildman–Crippen MR) is 129 cm³/mol. The van der Waals surface area contributed by atoms with Crippen molar-refractivity contribution in [2.45, 2.75) is 26.2 Å². The van der Waals surface area contributed by atoms with E-state index in [0.717, 1.165) is 11.1 Å². The van der Waals surface area contributed by atoms with Gasteiger partial charge in [0.2, 0.25) is 0 Å². The maximum absolute atomic E-state index is 12.7. The normalized spacial score (nSPS) is 11.3. The Kier molecular flexibility index (Phi) is 7.34. The summed E-state index contributed by atoms with van der Waals surface area (Å²) in [6.45, 7) is 6.36. The molecule has 3 aromatic carbocycles. The summed E-state index contributed by atoms with van der Waals surface area (Å²) in [5.74, 6) is 0.794. The lowest BCUT2D eigenvalue weighted by molar-refractivity contribution is 0.0734. The molecule has 5 heteroatoms. The first kappa shape index (κ1) is 23.8. The van der Waals surface area contributed by atoms with Crippen LogP contribution in [-0.2, 0) is 5.41 Å². The second-order valence-corrected chi connectivity index (χ2v) is 8.55. The van der Waals surface area contributed by atoms with Crippen LogP contribution in [-0.4, -0.2) is 26.0 Å². The minimum absolute atomic E-state index is 0.0103. The van der Waals surface area contributed by atoms with E-state index in [9.17, 15) is 9.59 Å². The predicted octanol–water partition coefficient (Wildman–Crippen LogP) is 6.12. The third kappa shape index (κ3) is 6.10. The van der Waals surface area contributed by atoms with Crippen LogP contribution in [0.5, 0.6) is 17.2 Å². The van der Waals surface area contributed by atoms with Crippen LogP contribution in [0.25, 0.3) is 6.08 Å². The van der Waals surface area contributed by atoms with Gasteiger partial charge in [0.25, 0.3) is 0 Å². The second-order valence-electron chi connectivity index (χ2n) is 8.55. The molecular weight excluding hydrogens is 416 g/mol. The van der Waals surface area contributed by atoms with Crippen LogP contribution < -0.4 is 14.2 Å². The van der Waals surface area contributed by atoms with E-state index in [-0.39, 0.29) is 11.2 Å². The van der Waals surface area contributed by atoms with E-state index in [1.165, 1.54) is 13.2 Å². The monoisotopic (exact) mass is 444 g/mol. The summed E-state index contributed by atoms with van der Waals surface area (Å²) in [6, 6.07) is 19.4. The molecule has 0 atom stereocenters. The molecule has 0 aliphatic carbocycles. The standard InChI is InChI=1S/C28H28O5/c1-28(2,3)21-12-10-20(11-13-21)27(30)33-23-8-6-7-19(17-23)9-16-25(29)24-15-14-22(31-4)18-26(24)32-5/h6-18H,1-5H3. The van der Waals surface area contributed by atoms with Crippen molar-refractivity contribution in [1.82, 2.24) is 0 Å². The molecule has 0 saturated carbocycles. The van der Waals surface area contributed by atoms with Gasteiger partial charge in [-0.1, -0.05) is 51.1 Å². The number of benzene rings is 3. The third-order valence-corrected chi connectivity index (χ3v) is 5.16. The summed E-state index contributed by atoms with van der Waals surface area (Å²) in [4.78, 5) is 25.2. The Morgan fingerprint density at radius 1 is 0.818 bits per heavy atom. The molecule has 0 heterocycles. The first-order valence-electron chi connectivity index (χ1n) is 10.6. The first-order chi connectivity index (χ1) is 15.7. The van der Waals surface area contributed by atoms with Crippen molar-refractivity contribution in [3.8, 4) is 17.2 Å². The number of carbonyl (C=O) groups is 2. The van der Waals surface area contributed by atoms with Crippen LogP contribution in [0.4, 0.5) is 0 Å². The summed E-state index contributed by atoms with van der Waals surface area (Å²) < 4.78 is 16.0. The van der Waals surface area contributed by atoms with Crippen molar-refractivity contribution in [1.29, 1.82) is 0 Å². The molecule has 0 radical (unpaired) electrons. The molecule has 3 aromatic rings. The van der Waals surface area contributed by atoms with Crippen molar-refractivity contribution in [2.75, 3.05) is 14.2 Å². The highest BCUT2D eigenvalue weighted by atomic mass is 16.5. The first-order valence-corrected chi connectivity index (χ1v) is 10.6. The molecule has 170 valence electrons. The van der Waals surface area contributed by atoms with Crippen molar-refractivity contribution in [3.05, 3.63) is 95.1 Å². The summed E-state index contributed by atoms with van der Waals surface area (Å²) in [6.07, 6.45) is 3.12. The van der Waals surface area contributed by atoms with Crippen LogP contribution in [0.2, 0.25) is 0 Å². The van der Waals surface area contributed by atoms with Gasteiger partial charge in [0, 0.05) is 6.07 Å². The third-order valence-electron chi connectivity index (χ3n) is 5.16. The zero-order chi connectivity index (χ0) is 24.0. The van der Waals surface area contributed by atoms with Crippen LogP contribution >= 0.6 is 0 Å². The van der Waals surface area contributed by atoms with Gasteiger partial charge in [-0.2, -0.15) is 0 Å². The summed E-state index contributed by atoms with van der Waals surface area (Å²) in [7, 11) is 3.06. The van der Waals surface area contributed by atoms with Gasteiger partial charge in [0.1, 0.15) is 17.2 Å². The van der Waals surface area contributed by atoms with E-state index in [1.54, 1.807) is 61.7 Å². The van der Waals surface area contributed by atoms with E-state index < -0.39 is 5.97 Å². The van der Waals surface area contributed by atoms with E-state index in [1.807, 2.05) is 18.2 Å². The Morgan fingerprint density at radius 3 is 2.18 bits per heavy atom. The van der Waals surface area contributed by atoms with Gasteiger partial charge in [-0.25, -0.2) is 4.79 Å². The van der Waals surface area contributed by atoms with Crippen molar-refractivity contribution in [3.63, 3.8) is 0 Å².